The molecule has 0 saturated heterocycles. The number of ether oxygens (including phenoxy) is 1. The fourth-order valence-electron chi connectivity index (χ4n) is 2.05. The molecule has 5 heteroatoms. The predicted octanol–water partition coefficient (Wildman–Crippen LogP) is 2.39. The number of hydrogen-bond acceptors (Lipinski definition) is 4. The van der Waals surface area contributed by atoms with Gasteiger partial charge in [0.1, 0.15) is 5.75 Å². The molecule has 1 atom stereocenters. The average Bonchev–Trinajstić information content (AvgIpc) is 3.18. The average molecular weight is 297 g/mol. The van der Waals surface area contributed by atoms with Crippen LogP contribution in [0.2, 0.25) is 0 Å². The van der Waals surface area contributed by atoms with Gasteiger partial charge in [0.15, 0.2) is 9.84 Å². The Labute approximate surface area is 121 Å². The molecule has 1 fully saturated rings. The Hall–Kier alpha value is -1.07. The summed E-state index contributed by atoms with van der Waals surface area (Å²) < 4.78 is 28.8. The first-order valence-electron chi connectivity index (χ1n) is 7.15. The van der Waals surface area contributed by atoms with Gasteiger partial charge in [0.25, 0.3) is 0 Å². The van der Waals surface area contributed by atoms with E-state index in [0.717, 1.165) is 25.4 Å². The summed E-state index contributed by atoms with van der Waals surface area (Å²) in [5, 5.41) is 3.47. The van der Waals surface area contributed by atoms with Crippen molar-refractivity contribution < 1.29 is 13.2 Å². The monoisotopic (exact) mass is 297 g/mol. The van der Waals surface area contributed by atoms with Crippen molar-refractivity contribution in [3.63, 3.8) is 0 Å². The Morgan fingerprint density at radius 1 is 1.40 bits per heavy atom. The standard InChI is InChI=1S/C15H23NO3S/c1-12(5-4-10-16-13-8-9-13)19-14-6-3-7-15(11-14)20(2,17)18/h3,6-7,11-13,16H,4-5,8-10H2,1-2H3. The molecule has 112 valence electrons. The van der Waals surface area contributed by atoms with Crippen LogP contribution < -0.4 is 10.1 Å². The van der Waals surface area contributed by atoms with Crippen molar-refractivity contribution in [1.29, 1.82) is 0 Å². The lowest BCUT2D eigenvalue weighted by Crippen LogP contribution is -2.20. The van der Waals surface area contributed by atoms with E-state index >= 15 is 0 Å². The van der Waals surface area contributed by atoms with Crippen molar-refractivity contribution in [3.8, 4) is 5.75 Å². The molecule has 1 aliphatic rings. The highest BCUT2D eigenvalue weighted by Crippen LogP contribution is 2.20. The summed E-state index contributed by atoms with van der Waals surface area (Å²) in [6.07, 6.45) is 5.95. The van der Waals surface area contributed by atoms with Crippen molar-refractivity contribution in [2.24, 2.45) is 0 Å². The van der Waals surface area contributed by atoms with E-state index < -0.39 is 9.84 Å². The van der Waals surface area contributed by atoms with Crippen molar-refractivity contribution in [2.45, 2.75) is 49.6 Å². The van der Waals surface area contributed by atoms with Gasteiger partial charge in [0.05, 0.1) is 11.0 Å². The van der Waals surface area contributed by atoms with E-state index in [9.17, 15) is 8.42 Å². The molecule has 1 N–H and O–H groups in total. The van der Waals surface area contributed by atoms with Crippen LogP contribution in [-0.2, 0) is 9.84 Å². The van der Waals surface area contributed by atoms with Gasteiger partial charge in [-0.3, -0.25) is 0 Å². The third-order valence-electron chi connectivity index (χ3n) is 3.37. The normalized spacial score (nSPS) is 16.9. The van der Waals surface area contributed by atoms with E-state index in [4.69, 9.17) is 4.74 Å². The zero-order valence-electron chi connectivity index (χ0n) is 12.1. The second-order valence-corrected chi connectivity index (χ2v) is 7.56. The quantitative estimate of drug-likeness (QED) is 0.749. The Balaban J connectivity index is 1.79. The molecule has 1 aromatic carbocycles. The van der Waals surface area contributed by atoms with Gasteiger partial charge in [-0.25, -0.2) is 8.42 Å². The van der Waals surface area contributed by atoms with E-state index in [1.54, 1.807) is 24.3 Å². The molecular formula is C15H23NO3S. The van der Waals surface area contributed by atoms with Crippen LogP contribution in [0.4, 0.5) is 0 Å². The second kappa shape index (κ2) is 6.59. The molecule has 1 aliphatic carbocycles. The lowest BCUT2D eigenvalue weighted by molar-refractivity contribution is 0.207. The smallest absolute Gasteiger partial charge is 0.175 e. The molecule has 0 bridgehead atoms. The Bertz CT molecular complexity index is 538. The minimum absolute atomic E-state index is 0.0887. The third kappa shape index (κ3) is 5.13. The number of nitrogens with one attached hydrogen (secondary N) is 1. The summed E-state index contributed by atoms with van der Waals surface area (Å²) in [7, 11) is -3.17. The highest BCUT2D eigenvalue weighted by molar-refractivity contribution is 7.90. The molecule has 4 nitrogen and oxygen atoms in total. The highest BCUT2D eigenvalue weighted by atomic mass is 32.2. The first-order valence-corrected chi connectivity index (χ1v) is 9.04. The van der Waals surface area contributed by atoms with Gasteiger partial charge in [-0.1, -0.05) is 6.07 Å². The van der Waals surface area contributed by atoms with Gasteiger partial charge < -0.3 is 10.1 Å². The minimum Gasteiger partial charge on any atom is -0.491 e. The lowest BCUT2D eigenvalue weighted by atomic mass is 10.2. The molecule has 0 aliphatic heterocycles. The SMILES string of the molecule is CC(CCCNC1CC1)Oc1cccc(S(C)(=O)=O)c1. The summed E-state index contributed by atoms with van der Waals surface area (Å²) in [6.45, 7) is 3.05. The van der Waals surface area contributed by atoms with Crippen LogP contribution in [-0.4, -0.2) is 33.4 Å². The Morgan fingerprint density at radius 3 is 2.80 bits per heavy atom. The van der Waals surface area contributed by atoms with E-state index in [1.807, 2.05) is 6.92 Å². The summed E-state index contributed by atoms with van der Waals surface area (Å²) in [5.74, 6) is 0.621. The van der Waals surface area contributed by atoms with Crippen molar-refractivity contribution >= 4 is 9.84 Å². The molecule has 0 aromatic heterocycles. The molecule has 0 radical (unpaired) electrons. The molecule has 20 heavy (non-hydrogen) atoms. The number of hydrogen-bond donors (Lipinski definition) is 1. The van der Waals surface area contributed by atoms with Crippen LogP contribution >= 0.6 is 0 Å². The van der Waals surface area contributed by atoms with Crippen LogP contribution in [0, 0.1) is 0 Å². The number of sulfone groups is 1. The zero-order chi connectivity index (χ0) is 14.6. The fourth-order valence-corrected chi connectivity index (χ4v) is 2.71. The summed E-state index contributed by atoms with van der Waals surface area (Å²) in [4.78, 5) is 0.303. The molecule has 0 spiro atoms. The molecule has 1 aromatic rings. The minimum atomic E-state index is -3.17. The summed E-state index contributed by atoms with van der Waals surface area (Å²) in [6, 6.07) is 7.44. The molecule has 1 saturated carbocycles. The first-order chi connectivity index (χ1) is 9.45. The molecular weight excluding hydrogens is 274 g/mol. The first kappa shape index (κ1) is 15.3. The maximum absolute atomic E-state index is 11.5. The van der Waals surface area contributed by atoms with Crippen LogP contribution in [0.5, 0.6) is 5.75 Å². The van der Waals surface area contributed by atoms with Crippen LogP contribution in [0.1, 0.15) is 32.6 Å². The number of benzene rings is 1. The van der Waals surface area contributed by atoms with Crippen LogP contribution in [0.15, 0.2) is 29.2 Å². The largest absolute Gasteiger partial charge is 0.491 e. The van der Waals surface area contributed by atoms with Crippen LogP contribution in [0.25, 0.3) is 0 Å². The van der Waals surface area contributed by atoms with E-state index in [2.05, 4.69) is 5.32 Å². The van der Waals surface area contributed by atoms with Gasteiger partial charge in [-0.15, -0.1) is 0 Å². The highest BCUT2D eigenvalue weighted by Gasteiger charge is 2.19. The van der Waals surface area contributed by atoms with Crippen LogP contribution in [0.3, 0.4) is 0 Å². The van der Waals surface area contributed by atoms with Crippen molar-refractivity contribution in [1.82, 2.24) is 5.32 Å². The van der Waals surface area contributed by atoms with Gasteiger partial charge in [0.2, 0.25) is 0 Å². The topological polar surface area (TPSA) is 55.4 Å². The van der Waals surface area contributed by atoms with Gasteiger partial charge in [0, 0.05) is 12.3 Å². The maximum atomic E-state index is 11.5. The Kier molecular flexibility index (Phi) is 5.05. The van der Waals surface area contributed by atoms with Gasteiger partial charge in [-0.05, 0) is 57.4 Å². The third-order valence-corrected chi connectivity index (χ3v) is 4.48. The van der Waals surface area contributed by atoms with Gasteiger partial charge >= 0.3 is 0 Å². The molecule has 2 rings (SSSR count). The fraction of sp³-hybridized carbons (Fsp3) is 0.600. The summed E-state index contributed by atoms with van der Waals surface area (Å²) in [5.41, 5.74) is 0. The summed E-state index contributed by atoms with van der Waals surface area (Å²) >= 11 is 0. The molecule has 1 unspecified atom stereocenters. The van der Waals surface area contributed by atoms with E-state index in [1.165, 1.54) is 19.1 Å². The Morgan fingerprint density at radius 2 is 2.15 bits per heavy atom. The van der Waals surface area contributed by atoms with E-state index in [-0.39, 0.29) is 6.10 Å². The van der Waals surface area contributed by atoms with Crippen molar-refractivity contribution in [3.05, 3.63) is 24.3 Å². The molecule has 0 heterocycles. The molecule has 0 amide bonds. The maximum Gasteiger partial charge on any atom is 0.175 e. The predicted molar refractivity (Wildman–Crippen MR) is 79.9 cm³/mol. The van der Waals surface area contributed by atoms with E-state index in [0.29, 0.717) is 10.6 Å². The second-order valence-electron chi connectivity index (χ2n) is 5.55. The zero-order valence-corrected chi connectivity index (χ0v) is 12.9. The number of rotatable bonds is 8. The van der Waals surface area contributed by atoms with Crippen molar-refractivity contribution in [2.75, 3.05) is 12.8 Å². The lowest BCUT2D eigenvalue weighted by Gasteiger charge is -2.15. The van der Waals surface area contributed by atoms with Gasteiger partial charge in [-0.2, -0.15) is 0 Å².